The van der Waals surface area contributed by atoms with Gasteiger partial charge in [0.05, 0.1) is 19.6 Å². The van der Waals surface area contributed by atoms with Gasteiger partial charge in [0, 0.05) is 46.4 Å². The van der Waals surface area contributed by atoms with Crippen molar-refractivity contribution in [1.82, 2.24) is 9.80 Å². The van der Waals surface area contributed by atoms with Crippen LogP contribution >= 0.6 is 24.8 Å². The monoisotopic (exact) mass is 411 g/mol. The number of benzene rings is 1. The van der Waals surface area contributed by atoms with E-state index in [0.717, 1.165) is 18.7 Å². The van der Waals surface area contributed by atoms with Gasteiger partial charge in [-0.1, -0.05) is 6.07 Å². The molecule has 1 heterocycles. The molecule has 1 atom stereocenters. The SMILES string of the molecule is COc1ccc(CN2CCN(C(=O)CC(CN)OC)CC2)cc1F.Cl.Cl. The van der Waals surface area contributed by atoms with E-state index >= 15 is 0 Å². The quantitative estimate of drug-likeness (QED) is 0.738. The van der Waals surface area contributed by atoms with E-state index in [9.17, 15) is 9.18 Å². The molecule has 1 aliphatic rings. The van der Waals surface area contributed by atoms with Gasteiger partial charge in [-0.25, -0.2) is 4.39 Å². The van der Waals surface area contributed by atoms with Gasteiger partial charge < -0.3 is 20.1 Å². The first-order valence-electron chi connectivity index (χ1n) is 8.12. The fraction of sp³-hybridized carbons (Fsp3) is 0.588. The topological polar surface area (TPSA) is 68.0 Å². The molecule has 0 aromatic heterocycles. The molecule has 1 fully saturated rings. The number of halogens is 3. The van der Waals surface area contributed by atoms with Crippen molar-refractivity contribution in [3.05, 3.63) is 29.6 Å². The van der Waals surface area contributed by atoms with Crippen molar-refractivity contribution in [3.63, 3.8) is 0 Å². The lowest BCUT2D eigenvalue weighted by Gasteiger charge is -2.35. The summed E-state index contributed by atoms with van der Waals surface area (Å²) < 4.78 is 23.8. The summed E-state index contributed by atoms with van der Waals surface area (Å²) in [6.45, 7) is 3.86. The fourth-order valence-electron chi connectivity index (χ4n) is 2.81. The Hall–Kier alpha value is -1.12. The number of nitrogens with two attached hydrogens (primary N) is 1. The van der Waals surface area contributed by atoms with E-state index < -0.39 is 0 Å². The Morgan fingerprint density at radius 1 is 1.23 bits per heavy atom. The van der Waals surface area contributed by atoms with E-state index in [1.807, 2.05) is 11.0 Å². The predicted octanol–water partition coefficient (Wildman–Crippen LogP) is 1.69. The Labute approximate surface area is 166 Å². The van der Waals surface area contributed by atoms with Gasteiger partial charge in [0.25, 0.3) is 0 Å². The molecule has 26 heavy (non-hydrogen) atoms. The first kappa shape index (κ1) is 24.9. The molecule has 0 bridgehead atoms. The van der Waals surface area contributed by atoms with Crippen LogP contribution in [0.4, 0.5) is 4.39 Å². The van der Waals surface area contributed by atoms with Crippen LogP contribution in [0.15, 0.2) is 18.2 Å². The highest BCUT2D eigenvalue weighted by Crippen LogP contribution is 2.19. The number of piperazine rings is 1. The summed E-state index contributed by atoms with van der Waals surface area (Å²) in [5.41, 5.74) is 6.46. The summed E-state index contributed by atoms with van der Waals surface area (Å²) in [6, 6.07) is 5.01. The molecule has 0 radical (unpaired) electrons. The highest BCUT2D eigenvalue weighted by molar-refractivity contribution is 5.85. The molecule has 0 aliphatic carbocycles. The number of hydrogen-bond donors (Lipinski definition) is 1. The number of nitrogens with zero attached hydrogens (tertiary/aromatic N) is 2. The highest BCUT2D eigenvalue weighted by Gasteiger charge is 2.23. The molecule has 1 saturated heterocycles. The number of amides is 1. The van der Waals surface area contributed by atoms with Crippen molar-refractivity contribution in [3.8, 4) is 5.75 Å². The van der Waals surface area contributed by atoms with E-state index in [-0.39, 0.29) is 48.4 Å². The number of ether oxygens (including phenoxy) is 2. The molecular weight excluding hydrogens is 384 g/mol. The molecule has 150 valence electrons. The van der Waals surface area contributed by atoms with E-state index in [4.69, 9.17) is 15.2 Å². The van der Waals surface area contributed by atoms with Crippen LogP contribution in [0.2, 0.25) is 0 Å². The average molecular weight is 412 g/mol. The van der Waals surface area contributed by atoms with Crippen molar-refractivity contribution < 1.29 is 18.7 Å². The van der Waals surface area contributed by atoms with Crippen LogP contribution in [0.3, 0.4) is 0 Å². The maximum absolute atomic E-state index is 13.7. The van der Waals surface area contributed by atoms with Crippen LogP contribution in [0.1, 0.15) is 12.0 Å². The minimum Gasteiger partial charge on any atom is -0.494 e. The van der Waals surface area contributed by atoms with E-state index in [1.165, 1.54) is 13.2 Å². The maximum atomic E-state index is 13.7. The third kappa shape index (κ3) is 6.89. The molecule has 0 spiro atoms. The normalized spacial score (nSPS) is 15.6. The molecule has 0 saturated carbocycles. The minimum atomic E-state index is -0.351. The Morgan fingerprint density at radius 2 is 1.88 bits per heavy atom. The Morgan fingerprint density at radius 3 is 2.38 bits per heavy atom. The number of carbonyl (C=O) groups excluding carboxylic acids is 1. The number of methoxy groups -OCH3 is 2. The largest absolute Gasteiger partial charge is 0.494 e. The zero-order valence-corrected chi connectivity index (χ0v) is 16.8. The zero-order valence-electron chi connectivity index (χ0n) is 15.2. The Bertz CT molecular complexity index is 554. The molecule has 1 amide bonds. The van der Waals surface area contributed by atoms with Crippen LogP contribution in [-0.4, -0.2) is 68.8 Å². The highest BCUT2D eigenvalue weighted by atomic mass is 35.5. The summed E-state index contributed by atoms with van der Waals surface area (Å²) >= 11 is 0. The maximum Gasteiger partial charge on any atom is 0.225 e. The second-order valence-electron chi connectivity index (χ2n) is 5.92. The van der Waals surface area contributed by atoms with E-state index in [1.54, 1.807) is 13.2 Å². The molecular formula is C17H28Cl2FN3O3. The lowest BCUT2D eigenvalue weighted by Crippen LogP contribution is -2.49. The molecule has 1 aromatic carbocycles. The van der Waals surface area contributed by atoms with Crippen molar-refractivity contribution >= 4 is 30.7 Å². The van der Waals surface area contributed by atoms with Crippen LogP contribution in [0.5, 0.6) is 5.75 Å². The minimum absolute atomic E-state index is 0. The zero-order chi connectivity index (χ0) is 17.5. The molecule has 1 aliphatic heterocycles. The lowest BCUT2D eigenvalue weighted by molar-refractivity contribution is -0.135. The second-order valence-corrected chi connectivity index (χ2v) is 5.92. The Balaban J connectivity index is 0.00000312. The van der Waals surface area contributed by atoms with Crippen LogP contribution in [0, 0.1) is 5.82 Å². The standard InChI is InChI=1S/C17H26FN3O3.2ClH/c1-23-14(11-19)10-17(22)21-7-5-20(6-8-21)12-13-3-4-16(24-2)15(18)9-13;;/h3-4,9,14H,5-8,10-12,19H2,1-2H3;2*1H. The van der Waals surface area contributed by atoms with E-state index in [2.05, 4.69) is 4.90 Å². The summed E-state index contributed by atoms with van der Waals surface area (Å²) in [7, 11) is 3.02. The van der Waals surface area contributed by atoms with Crippen LogP contribution in [-0.2, 0) is 16.1 Å². The predicted molar refractivity (Wildman–Crippen MR) is 104 cm³/mol. The van der Waals surface area contributed by atoms with Gasteiger partial charge in [-0.2, -0.15) is 0 Å². The van der Waals surface area contributed by atoms with Crippen molar-refractivity contribution in [1.29, 1.82) is 0 Å². The van der Waals surface area contributed by atoms with E-state index in [0.29, 0.717) is 32.6 Å². The van der Waals surface area contributed by atoms with Crippen LogP contribution in [0.25, 0.3) is 0 Å². The second kappa shape index (κ2) is 12.3. The van der Waals surface area contributed by atoms with Gasteiger partial charge in [0.2, 0.25) is 5.91 Å². The third-order valence-corrected chi connectivity index (χ3v) is 4.35. The molecule has 6 nitrogen and oxygen atoms in total. The van der Waals surface area contributed by atoms with Gasteiger partial charge in [0.1, 0.15) is 0 Å². The summed E-state index contributed by atoms with van der Waals surface area (Å²) in [6.07, 6.45) is 0.0919. The molecule has 9 heteroatoms. The molecule has 2 N–H and O–H groups in total. The van der Waals surface area contributed by atoms with Gasteiger partial charge in [-0.15, -0.1) is 24.8 Å². The van der Waals surface area contributed by atoms with Gasteiger partial charge in [0.15, 0.2) is 11.6 Å². The van der Waals surface area contributed by atoms with Crippen molar-refractivity contribution in [2.75, 3.05) is 46.9 Å². The smallest absolute Gasteiger partial charge is 0.225 e. The number of rotatable bonds is 7. The average Bonchev–Trinajstić information content (AvgIpc) is 2.60. The lowest BCUT2D eigenvalue weighted by atomic mass is 10.1. The van der Waals surface area contributed by atoms with Crippen molar-refractivity contribution in [2.24, 2.45) is 5.73 Å². The van der Waals surface area contributed by atoms with Crippen LogP contribution < -0.4 is 10.5 Å². The molecule has 1 unspecified atom stereocenters. The third-order valence-electron chi connectivity index (χ3n) is 4.35. The fourth-order valence-corrected chi connectivity index (χ4v) is 2.81. The molecule has 2 rings (SSSR count). The number of hydrogen-bond acceptors (Lipinski definition) is 5. The summed E-state index contributed by atoms with van der Waals surface area (Å²) in [5, 5.41) is 0. The molecule has 1 aromatic rings. The first-order chi connectivity index (χ1) is 11.6. The van der Waals surface area contributed by atoms with Gasteiger partial charge in [-0.3, -0.25) is 9.69 Å². The summed E-state index contributed by atoms with van der Waals surface area (Å²) in [4.78, 5) is 16.3. The van der Waals surface area contributed by atoms with Crippen molar-refractivity contribution in [2.45, 2.75) is 19.1 Å². The summed E-state index contributed by atoms with van der Waals surface area (Å²) in [5.74, 6) is -0.0274. The number of carbonyl (C=O) groups is 1. The first-order valence-corrected chi connectivity index (χ1v) is 8.12. The van der Waals surface area contributed by atoms with Gasteiger partial charge >= 0.3 is 0 Å². The van der Waals surface area contributed by atoms with Gasteiger partial charge in [-0.05, 0) is 17.7 Å². The Kier molecular flexibility index (Phi) is 11.8.